The Morgan fingerprint density at radius 3 is 3.00 bits per heavy atom. The fourth-order valence-corrected chi connectivity index (χ4v) is 1.55. The van der Waals surface area contributed by atoms with E-state index >= 15 is 0 Å². The van der Waals surface area contributed by atoms with Gasteiger partial charge in [0.05, 0.1) is 6.61 Å². The summed E-state index contributed by atoms with van der Waals surface area (Å²) in [7, 11) is 1.71. The molecule has 0 radical (unpaired) electrons. The molecule has 0 saturated carbocycles. The number of hydrogen-bond acceptors (Lipinski definition) is 7. The molecule has 1 heterocycles. The molecule has 1 aromatic rings. The highest BCUT2D eigenvalue weighted by Crippen LogP contribution is 2.15. The van der Waals surface area contributed by atoms with Crippen molar-refractivity contribution in [2.45, 2.75) is 6.92 Å². The lowest BCUT2D eigenvalue weighted by Gasteiger charge is -2.00. The van der Waals surface area contributed by atoms with Crippen LogP contribution in [0.25, 0.3) is 0 Å². The average molecular weight is 229 g/mol. The van der Waals surface area contributed by atoms with Gasteiger partial charge in [-0.15, -0.1) is 11.3 Å². The first-order valence-corrected chi connectivity index (χ1v) is 5.13. The molecule has 2 N–H and O–H groups in total. The maximum atomic E-state index is 11.3. The molecular weight excluding hydrogens is 218 g/mol. The van der Waals surface area contributed by atoms with Gasteiger partial charge in [0.1, 0.15) is 5.69 Å². The van der Waals surface area contributed by atoms with Crippen LogP contribution in [0.5, 0.6) is 0 Å². The Kier molecular flexibility index (Phi) is 4.04. The molecule has 1 rings (SSSR count). The average Bonchev–Trinajstić information content (AvgIpc) is 2.68. The van der Waals surface area contributed by atoms with Gasteiger partial charge < -0.3 is 15.3 Å². The first-order chi connectivity index (χ1) is 7.22. The number of esters is 1. The fraction of sp³-hybridized carbons (Fsp3) is 0.375. The van der Waals surface area contributed by atoms with Gasteiger partial charge in [-0.05, 0) is 6.92 Å². The number of oxime groups is 1. The summed E-state index contributed by atoms with van der Waals surface area (Å²) in [5.41, 5.74) is 0.111. The molecule has 0 atom stereocenters. The van der Waals surface area contributed by atoms with E-state index in [0.717, 1.165) is 0 Å². The molecule has 15 heavy (non-hydrogen) atoms. The zero-order valence-electron chi connectivity index (χ0n) is 8.35. The fourth-order valence-electron chi connectivity index (χ4n) is 0.893. The molecule has 7 heteroatoms. The van der Waals surface area contributed by atoms with E-state index in [4.69, 9.17) is 9.94 Å². The van der Waals surface area contributed by atoms with Crippen molar-refractivity contribution in [3.63, 3.8) is 0 Å². The molecule has 0 saturated heterocycles. The molecule has 0 aliphatic heterocycles. The molecule has 0 spiro atoms. The SMILES string of the molecule is CCOC(=O)/C(=N/O)c1csc(NC)n1. The summed E-state index contributed by atoms with van der Waals surface area (Å²) in [6.45, 7) is 1.90. The van der Waals surface area contributed by atoms with Gasteiger partial charge >= 0.3 is 5.97 Å². The minimum Gasteiger partial charge on any atom is -0.461 e. The van der Waals surface area contributed by atoms with Crippen molar-refractivity contribution in [2.75, 3.05) is 19.0 Å². The Hall–Kier alpha value is -1.63. The third kappa shape index (κ3) is 2.66. The Morgan fingerprint density at radius 1 is 1.80 bits per heavy atom. The number of carbonyl (C=O) groups excluding carboxylic acids is 1. The molecule has 0 aromatic carbocycles. The van der Waals surface area contributed by atoms with Gasteiger partial charge in [0, 0.05) is 12.4 Å². The summed E-state index contributed by atoms with van der Waals surface area (Å²) in [5, 5.41) is 16.6. The molecule has 0 aliphatic rings. The number of nitrogens with zero attached hydrogens (tertiary/aromatic N) is 2. The van der Waals surface area contributed by atoms with Gasteiger partial charge in [-0.2, -0.15) is 0 Å². The van der Waals surface area contributed by atoms with E-state index in [1.165, 1.54) is 11.3 Å². The normalized spacial score (nSPS) is 11.2. The molecule has 82 valence electrons. The van der Waals surface area contributed by atoms with Crippen molar-refractivity contribution in [3.8, 4) is 0 Å². The van der Waals surface area contributed by atoms with Crippen LogP contribution in [0.2, 0.25) is 0 Å². The minimum absolute atomic E-state index is 0.186. The summed E-state index contributed by atoms with van der Waals surface area (Å²) in [4.78, 5) is 15.3. The zero-order chi connectivity index (χ0) is 11.3. The molecule has 0 fully saturated rings. The Balaban J connectivity index is 2.88. The minimum atomic E-state index is -0.687. The van der Waals surface area contributed by atoms with Crippen molar-refractivity contribution in [2.24, 2.45) is 5.16 Å². The third-order valence-electron chi connectivity index (χ3n) is 1.53. The maximum absolute atomic E-state index is 11.3. The zero-order valence-corrected chi connectivity index (χ0v) is 9.17. The van der Waals surface area contributed by atoms with Crippen molar-refractivity contribution in [1.29, 1.82) is 0 Å². The van der Waals surface area contributed by atoms with E-state index in [1.54, 1.807) is 19.4 Å². The van der Waals surface area contributed by atoms with Crippen LogP contribution in [0.3, 0.4) is 0 Å². The quantitative estimate of drug-likeness (QED) is 0.347. The van der Waals surface area contributed by atoms with E-state index < -0.39 is 5.97 Å². The second-order valence-corrected chi connectivity index (χ2v) is 3.32. The predicted molar refractivity (Wildman–Crippen MR) is 56.6 cm³/mol. The van der Waals surface area contributed by atoms with Gasteiger partial charge in [-0.25, -0.2) is 9.78 Å². The van der Waals surface area contributed by atoms with Crippen molar-refractivity contribution in [1.82, 2.24) is 4.98 Å². The molecule has 6 nitrogen and oxygen atoms in total. The Morgan fingerprint density at radius 2 is 2.53 bits per heavy atom. The summed E-state index contributed by atoms with van der Waals surface area (Å²) >= 11 is 1.31. The van der Waals surface area contributed by atoms with Crippen LogP contribution in [0.4, 0.5) is 5.13 Å². The molecule has 0 amide bonds. The highest BCUT2D eigenvalue weighted by molar-refractivity contribution is 7.14. The van der Waals surface area contributed by atoms with Crippen molar-refractivity contribution >= 4 is 28.1 Å². The Labute approximate surface area is 90.6 Å². The molecule has 1 aromatic heterocycles. The lowest BCUT2D eigenvalue weighted by atomic mass is 10.3. The lowest BCUT2D eigenvalue weighted by Crippen LogP contribution is -2.19. The van der Waals surface area contributed by atoms with Crippen molar-refractivity contribution < 1.29 is 14.7 Å². The van der Waals surface area contributed by atoms with Crippen LogP contribution < -0.4 is 5.32 Å². The van der Waals surface area contributed by atoms with E-state index in [9.17, 15) is 4.79 Å². The van der Waals surface area contributed by atoms with Crippen molar-refractivity contribution in [3.05, 3.63) is 11.1 Å². The largest absolute Gasteiger partial charge is 0.461 e. The number of ether oxygens (including phenoxy) is 1. The number of nitrogens with one attached hydrogen (secondary N) is 1. The predicted octanol–water partition coefficient (Wildman–Crippen LogP) is 0.926. The van der Waals surface area contributed by atoms with Gasteiger partial charge in [-0.1, -0.05) is 5.16 Å². The topological polar surface area (TPSA) is 83.8 Å². The number of rotatable bonds is 4. The van der Waals surface area contributed by atoms with E-state index in [-0.39, 0.29) is 12.3 Å². The molecule has 0 unspecified atom stereocenters. The van der Waals surface area contributed by atoms with Crippen LogP contribution in [0.1, 0.15) is 12.6 Å². The standard InChI is InChI=1S/C8H11N3O3S/c1-3-14-7(12)6(11-13)5-4-15-8(9-2)10-5/h4,13H,3H2,1-2H3,(H,9,10)/b11-6+. The molecule has 0 bridgehead atoms. The number of carbonyl (C=O) groups is 1. The number of aromatic nitrogens is 1. The third-order valence-corrected chi connectivity index (χ3v) is 2.39. The van der Waals surface area contributed by atoms with E-state index in [1.807, 2.05) is 0 Å². The second kappa shape index (κ2) is 5.30. The summed E-state index contributed by atoms with van der Waals surface area (Å²) in [6.07, 6.45) is 0. The first kappa shape index (κ1) is 11.4. The molecule has 0 aliphatic carbocycles. The lowest BCUT2D eigenvalue weighted by molar-refractivity contribution is -0.135. The van der Waals surface area contributed by atoms with Crippen LogP contribution in [-0.4, -0.2) is 35.5 Å². The highest BCUT2D eigenvalue weighted by atomic mass is 32.1. The van der Waals surface area contributed by atoms with E-state index in [2.05, 4.69) is 15.5 Å². The number of hydrogen-bond donors (Lipinski definition) is 2. The highest BCUT2D eigenvalue weighted by Gasteiger charge is 2.19. The number of anilines is 1. The van der Waals surface area contributed by atoms with Gasteiger partial charge in [0.2, 0.25) is 5.71 Å². The van der Waals surface area contributed by atoms with Crippen LogP contribution >= 0.6 is 11.3 Å². The van der Waals surface area contributed by atoms with Crippen LogP contribution in [0, 0.1) is 0 Å². The van der Waals surface area contributed by atoms with E-state index in [0.29, 0.717) is 10.8 Å². The maximum Gasteiger partial charge on any atom is 0.362 e. The first-order valence-electron chi connectivity index (χ1n) is 4.25. The summed E-state index contributed by atoms with van der Waals surface area (Å²) in [6, 6.07) is 0. The van der Waals surface area contributed by atoms with Gasteiger partial charge in [-0.3, -0.25) is 0 Å². The molecular formula is C8H11N3O3S. The summed E-state index contributed by atoms with van der Waals surface area (Å²) in [5.74, 6) is -0.687. The number of thiazole rings is 1. The Bertz CT molecular complexity index is 375. The van der Waals surface area contributed by atoms with Crippen LogP contribution in [-0.2, 0) is 9.53 Å². The van der Waals surface area contributed by atoms with Gasteiger partial charge in [0.25, 0.3) is 0 Å². The second-order valence-electron chi connectivity index (χ2n) is 2.46. The monoisotopic (exact) mass is 229 g/mol. The van der Waals surface area contributed by atoms with Gasteiger partial charge in [0.15, 0.2) is 5.13 Å². The smallest absolute Gasteiger partial charge is 0.362 e. The van der Waals surface area contributed by atoms with Crippen LogP contribution in [0.15, 0.2) is 10.5 Å². The summed E-state index contributed by atoms with van der Waals surface area (Å²) < 4.78 is 4.71.